The Morgan fingerprint density at radius 1 is 0.938 bits per heavy atom. The lowest BCUT2D eigenvalue weighted by molar-refractivity contribution is -0.142. The number of thioether (sulfide) groups is 1. The van der Waals surface area contributed by atoms with Gasteiger partial charge in [-0.3, -0.25) is 14.4 Å². The van der Waals surface area contributed by atoms with E-state index in [9.17, 15) is 24.3 Å². The Labute approximate surface area is 202 Å². The summed E-state index contributed by atoms with van der Waals surface area (Å²) in [5, 5.41) is 17.1. The van der Waals surface area contributed by atoms with Crippen LogP contribution in [0.4, 0.5) is 0 Å². The minimum atomic E-state index is -1.18. The predicted octanol–water partition coefficient (Wildman–Crippen LogP) is -0.292. The normalized spacial score (nSPS) is 14.5. The van der Waals surface area contributed by atoms with Crippen molar-refractivity contribution in [2.24, 2.45) is 5.73 Å². The van der Waals surface area contributed by atoms with Crippen molar-refractivity contribution in [1.29, 1.82) is 0 Å². The van der Waals surface area contributed by atoms with Crippen LogP contribution in [0.1, 0.15) is 12.0 Å². The number of hydrogen-bond donors (Lipinski definition) is 7. The summed E-state index contributed by atoms with van der Waals surface area (Å²) in [7, 11) is 0. The highest BCUT2D eigenvalue weighted by atomic mass is 32.2. The summed E-state index contributed by atoms with van der Waals surface area (Å²) in [5.41, 5.74) is 6.37. The van der Waals surface area contributed by atoms with Crippen LogP contribution in [0.5, 0.6) is 0 Å². The van der Waals surface area contributed by atoms with Gasteiger partial charge in [0.25, 0.3) is 0 Å². The van der Waals surface area contributed by atoms with E-state index in [-0.39, 0.29) is 24.3 Å². The molecular formula is C20H30N4O5S3. The van der Waals surface area contributed by atoms with Gasteiger partial charge in [0, 0.05) is 17.9 Å². The van der Waals surface area contributed by atoms with Crippen molar-refractivity contribution in [3.63, 3.8) is 0 Å². The zero-order chi connectivity index (χ0) is 24.1. The SMILES string of the molecule is CSCCC(NC(=O)C(CS)NC(=O)C(N)CS)C(=O)NC(Cc1ccccc1)C(=O)O. The standard InChI is InChI=1S/C20H30N4O5S3/c1-32-8-7-14(22-19(27)16(11-31)24-17(25)13(21)10-30)18(26)23-15(20(28)29)9-12-5-3-2-4-6-12/h2-6,13-16,30-31H,7-11,21H2,1H3,(H,22,27)(H,23,26)(H,24,25)(H,28,29). The third-order valence-electron chi connectivity index (χ3n) is 4.49. The molecule has 32 heavy (non-hydrogen) atoms. The maximum atomic E-state index is 12.8. The number of carbonyl (C=O) groups excluding carboxylic acids is 3. The highest BCUT2D eigenvalue weighted by molar-refractivity contribution is 7.98. The Hall–Kier alpha value is -1.89. The summed E-state index contributed by atoms with van der Waals surface area (Å²) in [5.74, 6) is -2.34. The number of benzene rings is 1. The summed E-state index contributed by atoms with van der Waals surface area (Å²) in [6.45, 7) is 0. The van der Waals surface area contributed by atoms with Crippen LogP contribution < -0.4 is 21.7 Å². The molecule has 6 N–H and O–H groups in total. The average Bonchev–Trinajstić information content (AvgIpc) is 2.79. The molecule has 0 heterocycles. The first-order valence-electron chi connectivity index (χ1n) is 9.87. The topological polar surface area (TPSA) is 151 Å². The zero-order valence-electron chi connectivity index (χ0n) is 17.7. The molecule has 0 bridgehead atoms. The minimum Gasteiger partial charge on any atom is -0.480 e. The molecule has 0 aliphatic carbocycles. The Balaban J connectivity index is 2.87. The maximum Gasteiger partial charge on any atom is 0.326 e. The largest absolute Gasteiger partial charge is 0.480 e. The van der Waals surface area contributed by atoms with Gasteiger partial charge in [-0.25, -0.2) is 4.79 Å². The summed E-state index contributed by atoms with van der Waals surface area (Å²) < 4.78 is 0. The van der Waals surface area contributed by atoms with E-state index in [0.717, 1.165) is 5.56 Å². The van der Waals surface area contributed by atoms with Crippen molar-refractivity contribution >= 4 is 60.7 Å². The van der Waals surface area contributed by atoms with Crippen molar-refractivity contribution in [2.45, 2.75) is 37.0 Å². The van der Waals surface area contributed by atoms with Crippen LogP contribution in [0.2, 0.25) is 0 Å². The fourth-order valence-electron chi connectivity index (χ4n) is 2.65. The predicted molar refractivity (Wildman–Crippen MR) is 132 cm³/mol. The van der Waals surface area contributed by atoms with Crippen molar-refractivity contribution < 1.29 is 24.3 Å². The van der Waals surface area contributed by atoms with Gasteiger partial charge in [0.15, 0.2) is 0 Å². The second-order valence-corrected chi connectivity index (χ2v) is 8.68. The van der Waals surface area contributed by atoms with Gasteiger partial charge < -0.3 is 26.8 Å². The van der Waals surface area contributed by atoms with Crippen LogP contribution in [0.15, 0.2) is 30.3 Å². The van der Waals surface area contributed by atoms with Gasteiger partial charge >= 0.3 is 5.97 Å². The number of rotatable bonds is 14. The number of nitrogens with one attached hydrogen (secondary N) is 3. The Morgan fingerprint density at radius 3 is 2.03 bits per heavy atom. The number of aliphatic carboxylic acids is 1. The molecule has 4 unspecified atom stereocenters. The number of thiol groups is 2. The van der Waals surface area contributed by atoms with E-state index in [0.29, 0.717) is 5.75 Å². The Kier molecular flexibility index (Phi) is 13.2. The molecule has 1 aromatic rings. The monoisotopic (exact) mass is 502 g/mol. The number of carboxylic acids is 1. The van der Waals surface area contributed by atoms with Crippen LogP contribution in [-0.4, -0.2) is 76.5 Å². The molecule has 0 aromatic heterocycles. The van der Waals surface area contributed by atoms with Gasteiger partial charge in [-0.15, -0.1) is 0 Å². The van der Waals surface area contributed by atoms with Crippen molar-refractivity contribution in [2.75, 3.05) is 23.5 Å². The summed E-state index contributed by atoms with van der Waals surface area (Å²) in [6.07, 6.45) is 2.23. The van der Waals surface area contributed by atoms with Crippen molar-refractivity contribution in [3.05, 3.63) is 35.9 Å². The molecule has 1 rings (SSSR count). The van der Waals surface area contributed by atoms with Crippen LogP contribution in [0.3, 0.4) is 0 Å². The number of carboxylic acid groups (broad SMARTS) is 1. The van der Waals surface area contributed by atoms with Gasteiger partial charge in [0.2, 0.25) is 17.7 Å². The molecule has 0 saturated carbocycles. The third kappa shape index (κ3) is 9.72. The lowest BCUT2D eigenvalue weighted by Gasteiger charge is -2.24. The highest BCUT2D eigenvalue weighted by Crippen LogP contribution is 2.07. The molecule has 9 nitrogen and oxygen atoms in total. The molecule has 3 amide bonds. The summed E-state index contributed by atoms with van der Waals surface area (Å²) in [6, 6.07) is 4.87. The van der Waals surface area contributed by atoms with Gasteiger partial charge in [-0.1, -0.05) is 30.3 Å². The lowest BCUT2D eigenvalue weighted by Crippen LogP contribution is -2.58. The molecule has 0 saturated heterocycles. The van der Waals surface area contributed by atoms with Crippen molar-refractivity contribution in [3.8, 4) is 0 Å². The minimum absolute atomic E-state index is 0.0144. The van der Waals surface area contributed by atoms with Gasteiger partial charge in [0.1, 0.15) is 18.1 Å². The molecule has 0 spiro atoms. The number of hydrogen-bond acceptors (Lipinski definition) is 8. The van der Waals surface area contributed by atoms with E-state index in [2.05, 4.69) is 41.2 Å². The second kappa shape index (κ2) is 15.0. The van der Waals surface area contributed by atoms with Crippen LogP contribution in [0, 0.1) is 0 Å². The summed E-state index contributed by atoms with van der Waals surface area (Å²) >= 11 is 9.52. The molecule has 0 aliphatic heterocycles. The average molecular weight is 503 g/mol. The molecule has 0 fully saturated rings. The molecule has 12 heteroatoms. The van der Waals surface area contributed by atoms with Crippen LogP contribution in [0.25, 0.3) is 0 Å². The Morgan fingerprint density at radius 2 is 1.50 bits per heavy atom. The third-order valence-corrected chi connectivity index (χ3v) is 5.89. The molecule has 178 valence electrons. The van der Waals surface area contributed by atoms with Crippen molar-refractivity contribution in [1.82, 2.24) is 16.0 Å². The van der Waals surface area contributed by atoms with E-state index in [1.54, 1.807) is 24.3 Å². The fraction of sp³-hybridized carbons (Fsp3) is 0.500. The maximum absolute atomic E-state index is 12.8. The van der Waals surface area contributed by atoms with Crippen LogP contribution >= 0.6 is 37.0 Å². The zero-order valence-corrected chi connectivity index (χ0v) is 20.3. The molecule has 1 aromatic carbocycles. The van der Waals surface area contributed by atoms with Crippen LogP contribution in [-0.2, 0) is 25.6 Å². The van der Waals surface area contributed by atoms with E-state index < -0.39 is 47.9 Å². The fourth-order valence-corrected chi connectivity index (χ4v) is 3.55. The number of nitrogens with two attached hydrogens (primary N) is 1. The quantitative estimate of drug-likeness (QED) is 0.173. The number of carbonyl (C=O) groups is 4. The Bertz CT molecular complexity index is 769. The first-order valence-corrected chi connectivity index (χ1v) is 12.5. The molecular weight excluding hydrogens is 472 g/mol. The van der Waals surface area contributed by atoms with E-state index in [1.807, 2.05) is 12.3 Å². The molecule has 0 radical (unpaired) electrons. The highest BCUT2D eigenvalue weighted by Gasteiger charge is 2.29. The first-order chi connectivity index (χ1) is 15.2. The summed E-state index contributed by atoms with van der Waals surface area (Å²) in [4.78, 5) is 49.2. The number of amides is 3. The van der Waals surface area contributed by atoms with E-state index in [1.165, 1.54) is 11.8 Å². The first kappa shape index (κ1) is 28.1. The molecule has 4 atom stereocenters. The van der Waals surface area contributed by atoms with Gasteiger partial charge in [-0.2, -0.15) is 37.0 Å². The second-order valence-electron chi connectivity index (χ2n) is 6.96. The smallest absolute Gasteiger partial charge is 0.326 e. The van der Waals surface area contributed by atoms with Gasteiger partial charge in [-0.05, 0) is 24.0 Å². The lowest BCUT2D eigenvalue weighted by atomic mass is 10.1. The molecule has 0 aliphatic rings. The van der Waals surface area contributed by atoms with E-state index in [4.69, 9.17) is 5.73 Å². The van der Waals surface area contributed by atoms with E-state index >= 15 is 0 Å². The van der Waals surface area contributed by atoms with Gasteiger partial charge in [0.05, 0.1) is 6.04 Å².